The molecule has 1 amide bonds. The Hall–Kier alpha value is -1.95. The minimum absolute atomic E-state index is 0.135. The topological polar surface area (TPSA) is 68.5 Å². The Kier molecular flexibility index (Phi) is 5.49. The van der Waals surface area contributed by atoms with Gasteiger partial charge >= 0.3 is 0 Å². The molecule has 2 rings (SSSR count). The summed E-state index contributed by atoms with van der Waals surface area (Å²) in [6.45, 7) is 8.51. The molecule has 2 atom stereocenters. The lowest BCUT2D eigenvalue weighted by Gasteiger charge is -2.17. The second-order valence-electron chi connectivity index (χ2n) is 5.91. The van der Waals surface area contributed by atoms with Crippen LogP contribution in [0.3, 0.4) is 0 Å². The van der Waals surface area contributed by atoms with Crippen molar-refractivity contribution in [1.82, 2.24) is 19.9 Å². The molecule has 0 aliphatic rings. The van der Waals surface area contributed by atoms with Crippen LogP contribution in [0, 0.1) is 5.92 Å². The van der Waals surface area contributed by atoms with Crippen LogP contribution >= 0.6 is 0 Å². The van der Waals surface area contributed by atoms with Gasteiger partial charge in [0.15, 0.2) is 11.5 Å². The van der Waals surface area contributed by atoms with Gasteiger partial charge in [-0.15, -0.1) is 10.2 Å². The Labute approximate surface area is 130 Å². The Morgan fingerprint density at radius 3 is 2.77 bits per heavy atom. The fraction of sp³-hybridized carbons (Fsp3) is 0.562. The molecule has 2 aromatic rings. The van der Waals surface area contributed by atoms with Gasteiger partial charge in [-0.25, -0.2) is 0 Å². The summed E-state index contributed by atoms with van der Waals surface area (Å²) in [7, 11) is 0. The molecule has 2 heterocycles. The van der Waals surface area contributed by atoms with Crippen LogP contribution in [0.5, 0.6) is 0 Å². The Morgan fingerprint density at radius 2 is 2.05 bits per heavy atom. The van der Waals surface area contributed by atoms with Crippen molar-refractivity contribution in [3.05, 3.63) is 30.2 Å². The quantitative estimate of drug-likeness (QED) is 0.852. The first-order valence-electron chi connectivity index (χ1n) is 7.70. The highest BCUT2D eigenvalue weighted by Crippen LogP contribution is 2.12. The molecule has 1 N–H and O–H groups in total. The van der Waals surface area contributed by atoms with Gasteiger partial charge in [0.25, 0.3) is 0 Å². The van der Waals surface area contributed by atoms with E-state index in [1.165, 1.54) is 0 Å². The summed E-state index contributed by atoms with van der Waals surface area (Å²) in [4.78, 5) is 12.2. The van der Waals surface area contributed by atoms with Crippen molar-refractivity contribution in [3.63, 3.8) is 0 Å². The number of nitrogens with one attached hydrogen (secondary N) is 1. The molecule has 22 heavy (non-hydrogen) atoms. The lowest BCUT2D eigenvalue weighted by atomic mass is 10.1. The Bertz CT molecular complexity index is 623. The SMILES string of the molecule is CC(C)CCO[C@H](C)C(=O)N[C@@H](C)c1nnc2ccccn12. The number of fused-ring (bicyclic) bond motifs is 1. The van der Waals surface area contributed by atoms with E-state index in [9.17, 15) is 4.79 Å². The Morgan fingerprint density at radius 1 is 1.27 bits per heavy atom. The normalized spacial score (nSPS) is 14.2. The maximum absolute atomic E-state index is 12.2. The molecule has 0 saturated carbocycles. The molecule has 120 valence electrons. The number of rotatable bonds is 7. The van der Waals surface area contributed by atoms with Crippen molar-refractivity contribution in [3.8, 4) is 0 Å². The fourth-order valence-corrected chi connectivity index (χ4v) is 2.11. The third-order valence-corrected chi connectivity index (χ3v) is 3.52. The molecule has 6 heteroatoms. The van der Waals surface area contributed by atoms with E-state index in [-0.39, 0.29) is 11.9 Å². The molecule has 6 nitrogen and oxygen atoms in total. The van der Waals surface area contributed by atoms with Crippen molar-refractivity contribution < 1.29 is 9.53 Å². The van der Waals surface area contributed by atoms with E-state index in [2.05, 4.69) is 29.4 Å². The maximum Gasteiger partial charge on any atom is 0.249 e. The van der Waals surface area contributed by atoms with E-state index in [4.69, 9.17) is 4.74 Å². The number of carbonyl (C=O) groups is 1. The molecule has 0 aliphatic heterocycles. The second kappa shape index (κ2) is 7.35. The van der Waals surface area contributed by atoms with Crippen molar-refractivity contribution >= 4 is 11.6 Å². The van der Waals surface area contributed by atoms with Gasteiger partial charge in [-0.05, 0) is 38.3 Å². The predicted octanol–water partition coefficient (Wildman–Crippen LogP) is 2.36. The molecule has 0 radical (unpaired) electrons. The summed E-state index contributed by atoms with van der Waals surface area (Å²) < 4.78 is 7.44. The van der Waals surface area contributed by atoms with Crippen LogP contribution in [0.4, 0.5) is 0 Å². The first-order chi connectivity index (χ1) is 10.5. The summed E-state index contributed by atoms with van der Waals surface area (Å²) in [5, 5.41) is 11.2. The summed E-state index contributed by atoms with van der Waals surface area (Å²) in [6.07, 6.45) is 2.36. The molecule has 0 saturated heterocycles. The molecule has 0 aliphatic carbocycles. The van der Waals surface area contributed by atoms with E-state index in [1.54, 1.807) is 6.92 Å². The van der Waals surface area contributed by atoms with E-state index in [0.717, 1.165) is 12.1 Å². The third-order valence-electron chi connectivity index (χ3n) is 3.52. The molecular weight excluding hydrogens is 280 g/mol. The second-order valence-corrected chi connectivity index (χ2v) is 5.91. The van der Waals surface area contributed by atoms with Crippen molar-refractivity contribution in [2.45, 2.75) is 46.3 Å². The highest BCUT2D eigenvalue weighted by molar-refractivity contribution is 5.80. The summed E-state index contributed by atoms with van der Waals surface area (Å²) >= 11 is 0. The van der Waals surface area contributed by atoms with Gasteiger partial charge in [0.2, 0.25) is 5.91 Å². The fourth-order valence-electron chi connectivity index (χ4n) is 2.11. The monoisotopic (exact) mass is 304 g/mol. The highest BCUT2D eigenvalue weighted by Gasteiger charge is 2.19. The smallest absolute Gasteiger partial charge is 0.249 e. The van der Waals surface area contributed by atoms with Crippen molar-refractivity contribution in [2.24, 2.45) is 5.92 Å². The number of amides is 1. The number of carbonyl (C=O) groups excluding carboxylic acids is 1. The van der Waals surface area contributed by atoms with Gasteiger partial charge in [0.1, 0.15) is 6.10 Å². The third kappa shape index (κ3) is 4.04. The summed E-state index contributed by atoms with van der Waals surface area (Å²) in [5.41, 5.74) is 0.764. The Balaban J connectivity index is 1.93. The number of ether oxygens (including phenoxy) is 1. The van der Waals surface area contributed by atoms with Crippen molar-refractivity contribution in [2.75, 3.05) is 6.61 Å². The highest BCUT2D eigenvalue weighted by atomic mass is 16.5. The minimum Gasteiger partial charge on any atom is -0.369 e. The standard InChI is InChI=1S/C16H24N4O2/c1-11(2)8-10-22-13(4)16(21)17-12(3)15-19-18-14-7-5-6-9-20(14)15/h5-7,9,11-13H,8,10H2,1-4H3,(H,17,21)/t12-,13+/m0/s1. The van der Waals surface area contributed by atoms with Gasteiger partial charge in [0.05, 0.1) is 6.04 Å². The van der Waals surface area contributed by atoms with Crippen LogP contribution < -0.4 is 5.32 Å². The van der Waals surface area contributed by atoms with E-state index in [0.29, 0.717) is 18.3 Å². The summed E-state index contributed by atoms with van der Waals surface area (Å²) in [5.74, 6) is 1.14. The number of aromatic nitrogens is 3. The molecular formula is C16H24N4O2. The van der Waals surface area contributed by atoms with Crippen molar-refractivity contribution in [1.29, 1.82) is 0 Å². The first kappa shape index (κ1) is 16.4. The number of hydrogen-bond acceptors (Lipinski definition) is 4. The molecule has 0 aromatic carbocycles. The maximum atomic E-state index is 12.2. The number of pyridine rings is 1. The zero-order valence-electron chi connectivity index (χ0n) is 13.6. The predicted molar refractivity (Wildman–Crippen MR) is 84.4 cm³/mol. The van der Waals surface area contributed by atoms with E-state index in [1.807, 2.05) is 35.7 Å². The lowest BCUT2D eigenvalue weighted by molar-refractivity contribution is -0.132. The molecule has 2 aromatic heterocycles. The number of nitrogens with zero attached hydrogens (tertiary/aromatic N) is 3. The largest absolute Gasteiger partial charge is 0.369 e. The first-order valence-corrected chi connectivity index (χ1v) is 7.70. The lowest BCUT2D eigenvalue weighted by Crippen LogP contribution is -2.37. The summed E-state index contributed by atoms with van der Waals surface area (Å²) in [6, 6.07) is 5.46. The van der Waals surface area contributed by atoms with Crippen LogP contribution in [-0.4, -0.2) is 33.2 Å². The van der Waals surface area contributed by atoms with Crippen LogP contribution in [0.25, 0.3) is 5.65 Å². The van der Waals surface area contributed by atoms with Gasteiger partial charge in [-0.3, -0.25) is 9.20 Å². The van der Waals surface area contributed by atoms with E-state index >= 15 is 0 Å². The van der Waals surface area contributed by atoms with Crippen LogP contribution in [0.15, 0.2) is 24.4 Å². The minimum atomic E-state index is -0.472. The van der Waals surface area contributed by atoms with E-state index < -0.39 is 6.10 Å². The van der Waals surface area contributed by atoms with Gasteiger partial charge in [0, 0.05) is 12.8 Å². The van der Waals surface area contributed by atoms with Gasteiger partial charge in [-0.1, -0.05) is 19.9 Å². The van der Waals surface area contributed by atoms with Gasteiger partial charge in [-0.2, -0.15) is 0 Å². The number of hydrogen-bond donors (Lipinski definition) is 1. The van der Waals surface area contributed by atoms with Crippen LogP contribution in [-0.2, 0) is 9.53 Å². The zero-order valence-corrected chi connectivity index (χ0v) is 13.6. The average Bonchev–Trinajstić information content (AvgIpc) is 2.90. The molecule has 0 spiro atoms. The molecule has 0 unspecified atom stereocenters. The van der Waals surface area contributed by atoms with Crippen LogP contribution in [0.1, 0.15) is 46.0 Å². The molecule has 0 bridgehead atoms. The van der Waals surface area contributed by atoms with Gasteiger partial charge < -0.3 is 10.1 Å². The zero-order chi connectivity index (χ0) is 16.1. The molecule has 0 fully saturated rings. The van der Waals surface area contributed by atoms with Crippen LogP contribution in [0.2, 0.25) is 0 Å². The average molecular weight is 304 g/mol.